The number of aromatic nitrogens is 6. The van der Waals surface area contributed by atoms with Gasteiger partial charge >= 0.3 is 0 Å². The third kappa shape index (κ3) is 4.92. The highest BCUT2D eigenvalue weighted by Gasteiger charge is 2.34. The van der Waals surface area contributed by atoms with E-state index in [0.29, 0.717) is 52.8 Å². The monoisotopic (exact) mass is 539 g/mol. The van der Waals surface area contributed by atoms with Crippen molar-refractivity contribution >= 4 is 39.9 Å². The molecule has 4 aromatic heterocycles. The zero-order valence-electron chi connectivity index (χ0n) is 22.1. The van der Waals surface area contributed by atoms with Gasteiger partial charge in [0.1, 0.15) is 29.7 Å². The second-order valence-corrected chi connectivity index (χ2v) is 9.80. The molecule has 12 heteroatoms. The van der Waals surface area contributed by atoms with Crippen LogP contribution >= 0.6 is 0 Å². The Kier molecular flexibility index (Phi) is 6.52. The average molecular weight is 540 g/mol. The van der Waals surface area contributed by atoms with Gasteiger partial charge < -0.3 is 15.0 Å². The number of fused-ring (bicyclic) bond motifs is 2. The molecular formula is C28H26FN9O2. The van der Waals surface area contributed by atoms with E-state index in [1.165, 1.54) is 24.8 Å². The zero-order valence-corrected chi connectivity index (χ0v) is 22.1. The minimum absolute atomic E-state index is 0.0576. The number of hydrogen-bond donors (Lipinski definition) is 1. The molecule has 5 heterocycles. The second-order valence-electron chi connectivity index (χ2n) is 9.80. The number of carbonyl (C=O) groups is 1. The lowest BCUT2D eigenvalue weighted by atomic mass is 10.0. The molecule has 1 aliphatic rings. The van der Waals surface area contributed by atoms with E-state index in [4.69, 9.17) is 9.72 Å². The van der Waals surface area contributed by atoms with Crippen LogP contribution in [0.5, 0.6) is 11.5 Å². The molecule has 1 atom stereocenters. The lowest BCUT2D eigenvalue weighted by molar-refractivity contribution is -0.114. The summed E-state index contributed by atoms with van der Waals surface area (Å²) in [6, 6.07) is 11.4. The number of nitrogens with zero attached hydrogens (tertiary/aromatic N) is 8. The standard InChI is InChI=1S/C28H26FN9O2/c1-17-14-37(28(39)20(17)9-10-36(2)3)24-7-5-22-26(35-24)27(32-15-30-22)34-18-4-6-23(21(29)12-18)40-19-8-11-38-25(13-19)31-16-33-38/h4-9,11-13,15-17H,10,14H2,1-3H3,(H,30,32,34)/b20-9+/t17-/m1/s1. The molecule has 1 amide bonds. The summed E-state index contributed by atoms with van der Waals surface area (Å²) in [5.74, 6) is 0.846. The van der Waals surface area contributed by atoms with Crippen molar-refractivity contribution in [3.05, 3.63) is 78.8 Å². The molecule has 6 rings (SSSR count). The Morgan fingerprint density at radius 2 is 2.00 bits per heavy atom. The molecule has 0 unspecified atom stereocenters. The molecule has 0 saturated carbocycles. The van der Waals surface area contributed by atoms with E-state index in [2.05, 4.69) is 25.4 Å². The van der Waals surface area contributed by atoms with Crippen LogP contribution in [0.4, 0.5) is 21.7 Å². The third-order valence-corrected chi connectivity index (χ3v) is 6.57. The van der Waals surface area contributed by atoms with Crippen LogP contribution < -0.4 is 15.0 Å². The number of anilines is 3. The molecule has 1 N–H and O–H groups in total. The number of pyridine rings is 2. The summed E-state index contributed by atoms with van der Waals surface area (Å²) in [4.78, 5) is 34.4. The van der Waals surface area contributed by atoms with E-state index in [-0.39, 0.29) is 17.6 Å². The highest BCUT2D eigenvalue weighted by atomic mass is 19.1. The summed E-state index contributed by atoms with van der Waals surface area (Å²) in [5, 5.41) is 7.17. The molecule has 1 fully saturated rings. The number of carbonyl (C=O) groups excluding carboxylic acids is 1. The molecular weight excluding hydrogens is 513 g/mol. The van der Waals surface area contributed by atoms with E-state index in [1.807, 2.05) is 32.0 Å². The summed E-state index contributed by atoms with van der Waals surface area (Å²) >= 11 is 0. The Balaban J connectivity index is 1.24. The number of ether oxygens (including phenoxy) is 1. The predicted octanol–water partition coefficient (Wildman–Crippen LogP) is 4.21. The quantitative estimate of drug-likeness (QED) is 0.304. The lowest BCUT2D eigenvalue weighted by Crippen LogP contribution is -2.26. The van der Waals surface area contributed by atoms with E-state index in [0.717, 1.165) is 5.57 Å². The molecule has 40 heavy (non-hydrogen) atoms. The molecule has 11 nitrogen and oxygen atoms in total. The summed E-state index contributed by atoms with van der Waals surface area (Å²) in [7, 11) is 3.93. The first kappa shape index (κ1) is 25.3. The molecule has 5 aromatic rings. The maximum Gasteiger partial charge on any atom is 0.255 e. The van der Waals surface area contributed by atoms with Gasteiger partial charge in [0.05, 0.1) is 5.52 Å². The average Bonchev–Trinajstić information content (AvgIpc) is 3.52. The third-order valence-electron chi connectivity index (χ3n) is 6.57. The van der Waals surface area contributed by atoms with Crippen LogP contribution in [0, 0.1) is 11.7 Å². The van der Waals surface area contributed by atoms with E-state index in [9.17, 15) is 4.79 Å². The normalized spacial score (nSPS) is 16.5. The molecule has 0 bridgehead atoms. The van der Waals surface area contributed by atoms with Crippen LogP contribution in [-0.2, 0) is 4.79 Å². The predicted molar refractivity (Wildman–Crippen MR) is 148 cm³/mol. The largest absolute Gasteiger partial charge is 0.454 e. The molecule has 1 aliphatic heterocycles. The van der Waals surface area contributed by atoms with Crippen LogP contribution in [0.2, 0.25) is 0 Å². The topological polar surface area (TPSA) is 114 Å². The summed E-state index contributed by atoms with van der Waals surface area (Å²) in [5.41, 5.74) is 2.87. The first-order valence-corrected chi connectivity index (χ1v) is 12.7. The van der Waals surface area contributed by atoms with Crippen LogP contribution in [0.1, 0.15) is 6.92 Å². The van der Waals surface area contributed by atoms with Gasteiger partial charge in [-0.05, 0) is 44.4 Å². The summed E-state index contributed by atoms with van der Waals surface area (Å²) < 4.78 is 22.3. The van der Waals surface area contributed by atoms with Crippen molar-refractivity contribution in [2.45, 2.75) is 6.92 Å². The van der Waals surface area contributed by atoms with Crippen molar-refractivity contribution in [3.63, 3.8) is 0 Å². The van der Waals surface area contributed by atoms with Crippen LogP contribution in [0.3, 0.4) is 0 Å². The zero-order chi connectivity index (χ0) is 27.8. The van der Waals surface area contributed by atoms with Gasteiger partial charge in [-0.25, -0.2) is 28.8 Å². The Bertz CT molecular complexity index is 1770. The number of rotatable bonds is 7. The van der Waals surface area contributed by atoms with Gasteiger partial charge in [-0.15, -0.1) is 0 Å². The Labute approximate surface area is 229 Å². The maximum atomic E-state index is 15.0. The van der Waals surface area contributed by atoms with E-state index >= 15 is 4.39 Å². The number of nitrogens with one attached hydrogen (secondary N) is 1. The Morgan fingerprint density at radius 1 is 1.12 bits per heavy atom. The second kappa shape index (κ2) is 10.3. The molecule has 1 saturated heterocycles. The van der Waals surface area contributed by atoms with Gasteiger partial charge in [0.15, 0.2) is 23.0 Å². The number of hydrogen-bond acceptors (Lipinski definition) is 9. The summed E-state index contributed by atoms with van der Waals surface area (Å²) in [6.07, 6.45) is 6.49. The van der Waals surface area contributed by atoms with Gasteiger partial charge in [0.25, 0.3) is 5.91 Å². The highest BCUT2D eigenvalue weighted by molar-refractivity contribution is 6.08. The number of halogens is 1. The smallest absolute Gasteiger partial charge is 0.255 e. The number of likely N-dealkylation sites (N-methyl/N-ethyl adjacent to an activating group) is 1. The van der Waals surface area contributed by atoms with Crippen molar-refractivity contribution in [2.24, 2.45) is 5.92 Å². The summed E-state index contributed by atoms with van der Waals surface area (Å²) in [6.45, 7) is 3.25. The Morgan fingerprint density at radius 3 is 2.83 bits per heavy atom. The fourth-order valence-electron chi connectivity index (χ4n) is 4.55. The molecule has 0 spiro atoms. The van der Waals surface area contributed by atoms with Gasteiger partial charge in [0, 0.05) is 48.6 Å². The SMILES string of the molecule is C[C@@H]1CN(c2ccc3ncnc(Nc4ccc(Oc5ccn6ncnc6c5)c(F)c4)c3n2)C(=O)/C1=C/CN(C)C. The van der Waals surface area contributed by atoms with Crippen molar-refractivity contribution in [3.8, 4) is 11.5 Å². The minimum atomic E-state index is -0.563. The van der Waals surface area contributed by atoms with Gasteiger partial charge in [-0.3, -0.25) is 9.69 Å². The van der Waals surface area contributed by atoms with Crippen molar-refractivity contribution in [2.75, 3.05) is 37.4 Å². The van der Waals surface area contributed by atoms with Crippen molar-refractivity contribution in [1.82, 2.24) is 34.4 Å². The van der Waals surface area contributed by atoms with Crippen molar-refractivity contribution in [1.29, 1.82) is 0 Å². The van der Waals surface area contributed by atoms with Gasteiger partial charge in [-0.2, -0.15) is 5.10 Å². The molecule has 0 radical (unpaired) electrons. The first-order chi connectivity index (χ1) is 19.4. The lowest BCUT2D eigenvalue weighted by Gasteiger charge is -2.16. The number of benzene rings is 1. The van der Waals surface area contributed by atoms with Crippen molar-refractivity contribution < 1.29 is 13.9 Å². The first-order valence-electron chi connectivity index (χ1n) is 12.7. The fraction of sp³-hybridized carbons (Fsp3) is 0.214. The Hall–Kier alpha value is -4.97. The van der Waals surface area contributed by atoms with Crippen LogP contribution in [0.25, 0.3) is 16.7 Å². The van der Waals surface area contributed by atoms with Gasteiger partial charge in [-0.1, -0.05) is 13.0 Å². The molecule has 1 aromatic carbocycles. The van der Waals surface area contributed by atoms with E-state index in [1.54, 1.807) is 45.9 Å². The highest BCUT2D eigenvalue weighted by Crippen LogP contribution is 2.32. The fourth-order valence-corrected chi connectivity index (χ4v) is 4.55. The molecule has 0 aliphatic carbocycles. The minimum Gasteiger partial charge on any atom is -0.454 e. The van der Waals surface area contributed by atoms with Gasteiger partial charge in [0.2, 0.25) is 0 Å². The van der Waals surface area contributed by atoms with Crippen LogP contribution in [-0.4, -0.2) is 67.5 Å². The van der Waals surface area contributed by atoms with Crippen LogP contribution in [0.15, 0.2) is 73.0 Å². The maximum absolute atomic E-state index is 15.0. The number of amides is 1. The van der Waals surface area contributed by atoms with E-state index < -0.39 is 5.82 Å². The molecule has 202 valence electrons.